The van der Waals surface area contributed by atoms with Gasteiger partial charge in [0, 0.05) is 110 Å². The Morgan fingerprint density at radius 2 is 0.484 bits per heavy atom. The van der Waals surface area contributed by atoms with Crippen molar-refractivity contribution < 1.29 is 85.3 Å². The van der Waals surface area contributed by atoms with E-state index < -0.39 is 30.4 Å². The number of ketones is 3. The average Bonchev–Trinajstić information content (AvgIpc) is 1.08. The van der Waals surface area contributed by atoms with Crippen LogP contribution in [-0.2, 0) is 61.9 Å². The van der Waals surface area contributed by atoms with Gasteiger partial charge in [-0.15, -0.1) is 0 Å². The van der Waals surface area contributed by atoms with E-state index in [0.717, 1.165) is 71.6 Å². The van der Waals surface area contributed by atoms with E-state index in [2.05, 4.69) is 111 Å². The van der Waals surface area contributed by atoms with Crippen LogP contribution in [0.25, 0.3) is 0 Å². The molecular weight excluding hydrogens is 1880 g/mol. The third-order valence-electron chi connectivity index (χ3n) is 13.8. The molecule has 22 nitrogen and oxygen atoms in total. The van der Waals surface area contributed by atoms with E-state index in [1.165, 1.54) is 34.0 Å². The molecule has 6 aromatic carbocycles. The van der Waals surface area contributed by atoms with Crippen LogP contribution in [0.4, 0.5) is 0 Å². The maximum atomic E-state index is 12.5. The minimum atomic E-state index is -3.26. The number of carbonyl (C=O) groups excluding carboxylic acids is 3. The van der Waals surface area contributed by atoms with E-state index in [0.29, 0.717) is 118 Å². The number of halogens is 6. The monoisotopic (exact) mass is 2010 g/mol. The van der Waals surface area contributed by atoms with Gasteiger partial charge in [-0.2, -0.15) is 25.3 Å². The molecular formula is C94H133Cl6N3O19S6. The van der Waals surface area contributed by atoms with Crippen molar-refractivity contribution in [3.63, 3.8) is 0 Å². The number of hydrogen-bond donors (Lipinski definition) is 0. The van der Waals surface area contributed by atoms with Gasteiger partial charge in [-0.25, -0.2) is 15.0 Å². The predicted molar refractivity (Wildman–Crippen MR) is 530 cm³/mol. The summed E-state index contributed by atoms with van der Waals surface area (Å²) in [6.07, 6.45) is 8.16. The standard InChI is InChI=1S/3C16H9Cl2NO2S.4C7H16O.3C6H14O3S/c3*17-11-3-6-14(18)13(9-11)15(20)10-1-4-12(5-2-10)21-16-19-7-8-22-16;4*1-5-8-6-7(2,3)4;3*1-6(2,3)5-9-10(4,7)8/h3*1-9H;4*5-6H2,1-4H3;3*5H2,1-4H3. The molecule has 0 spiro atoms. The lowest BCUT2D eigenvalue weighted by Gasteiger charge is -2.16. The van der Waals surface area contributed by atoms with Gasteiger partial charge in [0.05, 0.1) is 80.1 Å². The Bertz CT molecular complexity index is 4470. The Morgan fingerprint density at radius 3 is 0.617 bits per heavy atom. The lowest BCUT2D eigenvalue weighted by atomic mass is 9.99. The van der Waals surface area contributed by atoms with E-state index >= 15 is 0 Å². The van der Waals surface area contributed by atoms with Gasteiger partial charge < -0.3 is 33.2 Å². The summed E-state index contributed by atoms with van der Waals surface area (Å²) in [5, 5.41) is 9.67. The predicted octanol–water partition coefficient (Wildman–Crippen LogP) is 27.7. The maximum Gasteiger partial charge on any atom is 0.278 e. The normalized spacial score (nSPS) is 11.6. The SMILES string of the molecule is CC(C)(C)COS(C)(=O)=O.CC(C)(C)COS(C)(=O)=O.CC(C)(C)COS(C)(=O)=O.CCOCC(C)(C)C.CCOCC(C)(C)C.CCOCC(C)(C)C.CCOCC(C)(C)C.O=C(c1ccc(Oc2nccs2)cc1)c1cc(Cl)ccc1Cl.O=C(c1ccc(Oc2nccs2)cc1)c1cc(Cl)ccc1Cl.O=C(c1ccc(Oc2nccs2)cc1)c1cc(Cl)ccc1Cl. The Morgan fingerprint density at radius 1 is 0.297 bits per heavy atom. The number of carbonyl (C=O) groups is 3. The van der Waals surface area contributed by atoms with Crippen LogP contribution in [0.3, 0.4) is 0 Å². The van der Waals surface area contributed by atoms with E-state index in [1.807, 2.05) is 106 Å². The molecule has 0 N–H and O–H groups in total. The lowest BCUT2D eigenvalue weighted by molar-refractivity contribution is 0.0805. The highest BCUT2D eigenvalue weighted by Crippen LogP contribution is 2.32. The molecule has 0 aliphatic rings. The molecule has 716 valence electrons. The molecule has 9 rings (SSSR count). The van der Waals surface area contributed by atoms with Crippen LogP contribution >= 0.6 is 104 Å². The minimum absolute atomic E-state index is 0.0942. The fraction of sp³-hybridized carbons (Fsp3) is 0.489. The number of benzene rings is 6. The molecule has 34 heteroatoms. The average molecular weight is 2010 g/mol. The molecule has 0 unspecified atom stereocenters. The molecule has 0 atom stereocenters. The summed E-state index contributed by atoms with van der Waals surface area (Å²) in [5.41, 5.74) is 3.70. The zero-order valence-electron chi connectivity index (χ0n) is 79.2. The summed E-state index contributed by atoms with van der Waals surface area (Å²) < 4.78 is 114. The summed E-state index contributed by atoms with van der Waals surface area (Å²) in [5.74, 6) is 1.28. The van der Waals surface area contributed by atoms with Crippen LogP contribution in [0.5, 0.6) is 32.8 Å². The Hall–Kier alpha value is -6.07. The third-order valence-corrected chi connectivity index (χ3v) is 19.1. The summed E-state index contributed by atoms with van der Waals surface area (Å²) >= 11 is 40.1. The Kier molecular flexibility index (Phi) is 56.7. The first kappa shape index (κ1) is 122. The van der Waals surface area contributed by atoms with Crippen LogP contribution in [0.15, 0.2) is 162 Å². The van der Waals surface area contributed by atoms with Gasteiger partial charge in [0.15, 0.2) is 17.3 Å². The minimum Gasteiger partial charge on any atom is -0.431 e. The summed E-state index contributed by atoms with van der Waals surface area (Å²) in [6, 6.07) is 34.8. The molecule has 0 bridgehead atoms. The van der Waals surface area contributed by atoms with Crippen LogP contribution < -0.4 is 14.2 Å². The summed E-state index contributed by atoms with van der Waals surface area (Å²) in [7, 11) is -9.77. The quantitative estimate of drug-likeness (QED) is 0.0359. The van der Waals surface area contributed by atoms with Crippen molar-refractivity contribution in [2.45, 2.75) is 173 Å². The van der Waals surface area contributed by atoms with Gasteiger partial charge in [0.25, 0.3) is 45.9 Å². The number of rotatable bonds is 26. The fourth-order valence-electron chi connectivity index (χ4n) is 8.07. The molecule has 128 heavy (non-hydrogen) atoms. The van der Waals surface area contributed by atoms with Gasteiger partial charge in [0.1, 0.15) is 17.2 Å². The third kappa shape index (κ3) is 65.5. The number of thiazole rings is 3. The van der Waals surface area contributed by atoms with Gasteiger partial charge in [-0.1, -0.05) is 249 Å². The topological polar surface area (TPSA) is 285 Å². The highest BCUT2D eigenvalue weighted by atomic mass is 35.5. The second kappa shape index (κ2) is 59.5. The lowest BCUT2D eigenvalue weighted by Crippen LogP contribution is -2.17. The number of hydrogen-bond acceptors (Lipinski definition) is 25. The highest BCUT2D eigenvalue weighted by Gasteiger charge is 2.21. The van der Waals surface area contributed by atoms with E-state index in [1.54, 1.807) is 146 Å². The van der Waals surface area contributed by atoms with Crippen molar-refractivity contribution in [2.75, 3.05) is 91.4 Å². The van der Waals surface area contributed by atoms with Crippen molar-refractivity contribution in [3.05, 3.63) is 226 Å². The molecule has 0 amide bonds. The fourth-order valence-corrected chi connectivity index (χ4v) is 12.4. The second-order valence-electron chi connectivity index (χ2n) is 36.5. The molecule has 0 aliphatic carbocycles. The Labute approximate surface area is 805 Å². The van der Waals surface area contributed by atoms with Crippen molar-refractivity contribution in [2.24, 2.45) is 37.9 Å². The first-order chi connectivity index (χ1) is 58.8. The van der Waals surface area contributed by atoms with E-state index in [-0.39, 0.29) is 53.4 Å². The Balaban J connectivity index is 0.00000145. The van der Waals surface area contributed by atoms with Gasteiger partial charge >= 0.3 is 0 Å². The van der Waals surface area contributed by atoms with Crippen molar-refractivity contribution in [3.8, 4) is 32.8 Å². The summed E-state index contributed by atoms with van der Waals surface area (Å²) in [6.45, 7) is 58.9. The first-order valence-corrected chi connectivity index (χ1v) is 51.0. The molecule has 0 saturated carbocycles. The molecule has 0 aliphatic heterocycles. The second-order valence-corrected chi connectivity index (χ2v) is 46.5. The smallest absolute Gasteiger partial charge is 0.278 e. The zero-order valence-corrected chi connectivity index (χ0v) is 88.6. The van der Waals surface area contributed by atoms with Crippen molar-refractivity contribution >= 4 is 151 Å². The van der Waals surface area contributed by atoms with E-state index in [4.69, 9.17) is 103 Å². The molecule has 0 saturated heterocycles. The van der Waals surface area contributed by atoms with Gasteiger partial charge in [-0.3, -0.25) is 26.9 Å². The van der Waals surface area contributed by atoms with Crippen LogP contribution in [0.2, 0.25) is 30.1 Å². The zero-order chi connectivity index (χ0) is 98.3. The molecule has 3 aromatic heterocycles. The highest BCUT2D eigenvalue weighted by molar-refractivity contribution is 7.86. The summed E-state index contributed by atoms with van der Waals surface area (Å²) in [4.78, 5) is 49.5. The number of aromatic nitrogens is 3. The van der Waals surface area contributed by atoms with E-state index in [9.17, 15) is 39.6 Å². The van der Waals surface area contributed by atoms with Crippen LogP contribution in [0.1, 0.15) is 221 Å². The molecule has 0 radical (unpaired) electrons. The van der Waals surface area contributed by atoms with Crippen LogP contribution in [0, 0.1) is 37.9 Å². The van der Waals surface area contributed by atoms with Gasteiger partial charge in [0.2, 0.25) is 0 Å². The van der Waals surface area contributed by atoms with Gasteiger partial charge in [-0.05, 0) is 193 Å². The largest absolute Gasteiger partial charge is 0.431 e. The number of nitrogens with zero attached hydrogens (tertiary/aromatic N) is 3. The van der Waals surface area contributed by atoms with Crippen LogP contribution in [-0.4, -0.2) is 149 Å². The maximum absolute atomic E-state index is 12.5. The number of ether oxygens (including phenoxy) is 7. The first-order valence-electron chi connectivity index (χ1n) is 40.6. The molecule has 3 heterocycles. The van der Waals surface area contributed by atoms with Crippen molar-refractivity contribution in [1.29, 1.82) is 0 Å². The molecule has 0 fully saturated rings. The molecule has 9 aromatic rings. The van der Waals surface area contributed by atoms with Crippen molar-refractivity contribution in [1.82, 2.24) is 15.0 Å².